The third kappa shape index (κ3) is 3.22. The van der Waals surface area contributed by atoms with Gasteiger partial charge in [0, 0.05) is 20.9 Å². The highest BCUT2D eigenvalue weighted by Gasteiger charge is 2.47. The molecule has 5 rings (SSSR count). The number of fused-ring (bicyclic) bond motifs is 1. The second-order valence-electron chi connectivity index (χ2n) is 7.01. The van der Waals surface area contributed by atoms with Gasteiger partial charge in [-0.2, -0.15) is 0 Å². The molecular weight excluding hydrogens is 430 g/mol. The van der Waals surface area contributed by atoms with Crippen molar-refractivity contribution in [1.29, 1.82) is 0 Å². The molecule has 2 atom stereocenters. The minimum atomic E-state index is -0.648. The molecule has 5 heteroatoms. The minimum absolute atomic E-state index is 0.144. The van der Waals surface area contributed by atoms with Crippen LogP contribution in [0.3, 0.4) is 0 Å². The normalized spacial score (nSPS) is 18.0. The van der Waals surface area contributed by atoms with Crippen molar-refractivity contribution < 1.29 is 9.53 Å². The van der Waals surface area contributed by atoms with E-state index in [1.54, 1.807) is 0 Å². The number of Topliss-reactive ketones (excluding diaryl/α,β-unsaturated/α-hetero) is 1. The topological polar surface area (TPSA) is 62.5 Å². The largest absolute Gasteiger partial charge is 0.356 e. The fourth-order valence-electron chi connectivity index (χ4n) is 3.76. The van der Waals surface area contributed by atoms with Crippen LogP contribution in [0.2, 0.25) is 0 Å². The number of aromatic amines is 1. The summed E-state index contributed by atoms with van der Waals surface area (Å²) >= 11 is 3.50. The van der Waals surface area contributed by atoms with Crippen LogP contribution in [0.5, 0.6) is 0 Å². The van der Waals surface area contributed by atoms with E-state index in [9.17, 15) is 9.59 Å². The second kappa shape index (κ2) is 7.10. The molecular formula is C24H16BrNO3. The molecule has 0 aliphatic carbocycles. The Morgan fingerprint density at radius 3 is 2.34 bits per heavy atom. The maximum Gasteiger partial charge on any atom is 0.260 e. The van der Waals surface area contributed by atoms with E-state index in [0.717, 1.165) is 21.0 Å². The average molecular weight is 446 g/mol. The fourth-order valence-corrected chi connectivity index (χ4v) is 4.12. The van der Waals surface area contributed by atoms with Crippen LogP contribution in [0.15, 0.2) is 88.1 Å². The number of ketones is 1. The van der Waals surface area contributed by atoms with Gasteiger partial charge in [0.2, 0.25) is 5.78 Å². The zero-order chi connectivity index (χ0) is 20.0. The number of nitrogens with one attached hydrogen (secondary N) is 1. The first-order valence-electron chi connectivity index (χ1n) is 9.29. The van der Waals surface area contributed by atoms with Crippen molar-refractivity contribution in [3.8, 4) is 11.1 Å². The van der Waals surface area contributed by atoms with Gasteiger partial charge < -0.3 is 9.72 Å². The van der Waals surface area contributed by atoms with Crippen molar-refractivity contribution in [2.24, 2.45) is 0 Å². The number of halogens is 1. The van der Waals surface area contributed by atoms with E-state index in [4.69, 9.17) is 4.74 Å². The van der Waals surface area contributed by atoms with Crippen molar-refractivity contribution in [3.05, 3.63) is 105 Å². The summed E-state index contributed by atoms with van der Waals surface area (Å²) in [6.07, 6.45) is -0.963. The highest BCUT2D eigenvalue weighted by atomic mass is 79.9. The molecule has 0 saturated carbocycles. The summed E-state index contributed by atoms with van der Waals surface area (Å²) in [6, 6.07) is 24.7. The molecule has 0 unspecified atom stereocenters. The lowest BCUT2D eigenvalue weighted by Gasteiger charge is -2.12. The zero-order valence-corrected chi connectivity index (χ0v) is 16.8. The zero-order valence-electron chi connectivity index (χ0n) is 15.3. The Balaban J connectivity index is 1.69. The molecule has 4 aromatic rings. The number of hydrogen-bond acceptors (Lipinski definition) is 3. The van der Waals surface area contributed by atoms with Crippen LogP contribution < -0.4 is 5.56 Å². The molecule has 2 heterocycles. The molecule has 4 nitrogen and oxygen atoms in total. The lowest BCUT2D eigenvalue weighted by atomic mass is 9.92. The molecule has 0 radical (unpaired) electrons. The number of carbonyl (C=O) groups excluding carboxylic acids is 1. The maximum absolute atomic E-state index is 13.4. The van der Waals surface area contributed by atoms with Gasteiger partial charge in [-0.3, -0.25) is 9.59 Å². The summed E-state index contributed by atoms with van der Waals surface area (Å²) in [4.78, 5) is 29.2. The minimum Gasteiger partial charge on any atom is -0.356 e. The van der Waals surface area contributed by atoms with Crippen LogP contribution in [-0.4, -0.2) is 16.9 Å². The number of ether oxygens (including phenoxy) is 1. The molecule has 0 spiro atoms. The molecule has 0 amide bonds. The molecule has 1 saturated heterocycles. The predicted octanol–water partition coefficient (Wildman–Crippen LogP) is 5.28. The van der Waals surface area contributed by atoms with Crippen LogP contribution >= 0.6 is 15.9 Å². The van der Waals surface area contributed by atoms with Crippen LogP contribution in [0, 0.1) is 0 Å². The van der Waals surface area contributed by atoms with E-state index in [1.165, 1.54) is 0 Å². The molecule has 142 valence electrons. The van der Waals surface area contributed by atoms with Crippen LogP contribution in [0.25, 0.3) is 22.0 Å². The molecule has 1 aromatic heterocycles. The van der Waals surface area contributed by atoms with Gasteiger partial charge in [-0.1, -0.05) is 76.6 Å². The fraction of sp³-hybridized carbons (Fsp3) is 0.0833. The molecule has 1 aliphatic heterocycles. The van der Waals surface area contributed by atoms with E-state index in [2.05, 4.69) is 20.9 Å². The van der Waals surface area contributed by atoms with Gasteiger partial charge in [0.15, 0.2) is 6.10 Å². The summed E-state index contributed by atoms with van der Waals surface area (Å²) in [6.45, 7) is 0. The highest BCUT2D eigenvalue weighted by molar-refractivity contribution is 9.10. The first-order chi connectivity index (χ1) is 14.1. The van der Waals surface area contributed by atoms with Crippen LogP contribution in [-0.2, 0) is 4.74 Å². The van der Waals surface area contributed by atoms with Crippen molar-refractivity contribution in [1.82, 2.24) is 4.98 Å². The number of carbonyl (C=O) groups is 1. The van der Waals surface area contributed by atoms with Crippen LogP contribution in [0.4, 0.5) is 0 Å². The van der Waals surface area contributed by atoms with E-state index >= 15 is 0 Å². The Kier molecular flexibility index (Phi) is 4.42. The van der Waals surface area contributed by atoms with Gasteiger partial charge in [0.25, 0.3) is 5.56 Å². The van der Waals surface area contributed by atoms with Crippen molar-refractivity contribution in [2.45, 2.75) is 12.2 Å². The predicted molar refractivity (Wildman–Crippen MR) is 116 cm³/mol. The van der Waals surface area contributed by atoms with Crippen LogP contribution in [0.1, 0.15) is 22.0 Å². The standard InChI is InChI=1S/C24H16BrNO3/c25-16-11-12-18-17(13-16)19(14-7-3-1-4-8-14)20(24(28)26-18)21(27)23-22(29-23)15-9-5-2-6-10-15/h1-13,22-23H,(H,26,28)/t22-,23+/m0/s1. The van der Waals surface area contributed by atoms with E-state index in [-0.39, 0.29) is 17.5 Å². The monoisotopic (exact) mass is 445 g/mol. The van der Waals surface area contributed by atoms with Gasteiger partial charge in [-0.15, -0.1) is 0 Å². The highest BCUT2D eigenvalue weighted by Crippen LogP contribution is 2.42. The van der Waals surface area contributed by atoms with E-state index < -0.39 is 11.7 Å². The molecule has 1 aliphatic rings. The first-order valence-corrected chi connectivity index (χ1v) is 10.1. The summed E-state index contributed by atoms with van der Waals surface area (Å²) < 4.78 is 6.56. The van der Waals surface area contributed by atoms with Gasteiger partial charge in [0.1, 0.15) is 6.10 Å². The maximum atomic E-state index is 13.4. The number of pyridine rings is 1. The number of epoxide rings is 1. The van der Waals surface area contributed by atoms with Gasteiger partial charge in [-0.25, -0.2) is 0 Å². The molecule has 3 aromatic carbocycles. The quantitative estimate of drug-likeness (QED) is 0.343. The Morgan fingerprint density at radius 1 is 0.931 bits per heavy atom. The van der Waals surface area contributed by atoms with Crippen molar-refractivity contribution in [2.75, 3.05) is 0 Å². The molecule has 1 N–H and O–H groups in total. The summed E-state index contributed by atoms with van der Waals surface area (Å²) in [5.41, 5.74) is 2.83. The number of aromatic nitrogens is 1. The van der Waals surface area contributed by atoms with Gasteiger partial charge in [0.05, 0.1) is 5.56 Å². The Hall–Kier alpha value is -3.02. The first kappa shape index (κ1) is 18.0. The summed E-state index contributed by atoms with van der Waals surface area (Å²) in [5, 5.41) is 0.811. The van der Waals surface area contributed by atoms with E-state index in [0.29, 0.717) is 11.1 Å². The van der Waals surface area contributed by atoms with E-state index in [1.807, 2.05) is 78.9 Å². The van der Waals surface area contributed by atoms with Gasteiger partial charge >= 0.3 is 0 Å². The third-order valence-corrected chi connectivity index (χ3v) is 5.66. The SMILES string of the molecule is O=C(c1c(-c2ccccc2)c2cc(Br)ccc2[nH]c1=O)[C@H]1O[C@H]1c1ccccc1. The van der Waals surface area contributed by atoms with Gasteiger partial charge in [-0.05, 0) is 29.3 Å². The van der Waals surface area contributed by atoms with Crippen molar-refractivity contribution in [3.63, 3.8) is 0 Å². The number of rotatable bonds is 4. The second-order valence-corrected chi connectivity index (χ2v) is 7.93. The third-order valence-electron chi connectivity index (χ3n) is 5.16. The lowest BCUT2D eigenvalue weighted by molar-refractivity contribution is 0.0953. The molecule has 0 bridgehead atoms. The smallest absolute Gasteiger partial charge is 0.260 e. The molecule has 29 heavy (non-hydrogen) atoms. The molecule has 1 fully saturated rings. The Bertz CT molecular complexity index is 1280. The Morgan fingerprint density at radius 2 is 1.62 bits per heavy atom. The number of benzene rings is 3. The summed E-state index contributed by atoms with van der Waals surface area (Å²) in [5.74, 6) is -0.291. The van der Waals surface area contributed by atoms with Crippen molar-refractivity contribution >= 4 is 32.6 Å². The number of hydrogen-bond donors (Lipinski definition) is 1. The summed E-state index contributed by atoms with van der Waals surface area (Å²) in [7, 11) is 0. The lowest BCUT2D eigenvalue weighted by Crippen LogP contribution is -2.23. The average Bonchev–Trinajstić information content (AvgIpc) is 3.55. The number of H-pyrrole nitrogens is 1. The Labute approximate surface area is 175 Å².